The van der Waals surface area contributed by atoms with Gasteiger partial charge in [-0.1, -0.05) is 62.0 Å². The summed E-state index contributed by atoms with van der Waals surface area (Å²) in [7, 11) is 2.05. The first-order valence-corrected chi connectivity index (χ1v) is 22.3. The molecule has 21 heteroatoms. The van der Waals surface area contributed by atoms with Crippen molar-refractivity contribution in [1.29, 1.82) is 0 Å². The fraction of sp³-hybridized carbons (Fsp3) is 0.391. The largest absolute Gasteiger partial charge is 0.481 e. The van der Waals surface area contributed by atoms with E-state index in [9.17, 15) is 58.5 Å². The van der Waals surface area contributed by atoms with Gasteiger partial charge in [0.1, 0.15) is 30.7 Å². The lowest BCUT2D eigenvalue weighted by Gasteiger charge is -2.27. The lowest BCUT2D eigenvalue weighted by Crippen LogP contribution is -2.59. The predicted octanol–water partition coefficient (Wildman–Crippen LogP) is 1.67. The number of anilines is 1. The molecule has 3 aromatic rings. The second kappa shape index (κ2) is 25.4. The maximum absolute atomic E-state index is 13.5. The summed E-state index contributed by atoms with van der Waals surface area (Å²) in [5.41, 5.74) is 3.21. The molecule has 358 valence electrons. The zero-order chi connectivity index (χ0) is 49.2. The van der Waals surface area contributed by atoms with Gasteiger partial charge in [-0.2, -0.15) is 4.57 Å². The lowest BCUT2D eigenvalue weighted by atomic mass is 10.0. The van der Waals surface area contributed by atoms with E-state index in [0.717, 1.165) is 28.4 Å². The number of benzene rings is 2. The number of carbonyl (C=O) groups is 9. The summed E-state index contributed by atoms with van der Waals surface area (Å²) in [5, 5.41) is 44.4. The van der Waals surface area contributed by atoms with E-state index in [1.54, 1.807) is 11.8 Å². The number of rotatable bonds is 25. The predicted molar refractivity (Wildman–Crippen MR) is 247 cm³/mol. The molecule has 1 aliphatic heterocycles. The first-order chi connectivity index (χ1) is 31.8. The maximum atomic E-state index is 13.5. The van der Waals surface area contributed by atoms with Crippen molar-refractivity contribution in [2.24, 2.45) is 5.92 Å². The number of aliphatic carboxylic acids is 3. The number of nitrogens with one attached hydrogen (secondary N) is 6. The minimum Gasteiger partial charge on any atom is -0.481 e. The van der Waals surface area contributed by atoms with Crippen LogP contribution < -0.4 is 41.4 Å². The molecule has 9 N–H and O–H groups in total. The molecule has 4 atom stereocenters. The van der Waals surface area contributed by atoms with Crippen molar-refractivity contribution in [2.75, 3.05) is 25.0 Å². The van der Waals surface area contributed by atoms with Gasteiger partial charge in [-0.05, 0) is 42.2 Å². The summed E-state index contributed by atoms with van der Waals surface area (Å²) >= 11 is 1.72. The van der Waals surface area contributed by atoms with Crippen LogP contribution in [0.1, 0.15) is 64.9 Å². The zero-order valence-corrected chi connectivity index (χ0v) is 38.4. The number of carbonyl (C=O) groups excluding carboxylic acids is 6. The molecule has 67 heavy (non-hydrogen) atoms. The molecule has 0 unspecified atom stereocenters. The van der Waals surface area contributed by atoms with Crippen LogP contribution in [0.2, 0.25) is 0 Å². The van der Waals surface area contributed by atoms with Crippen molar-refractivity contribution >= 4 is 87.8 Å². The van der Waals surface area contributed by atoms with Crippen LogP contribution in [0.15, 0.2) is 82.9 Å². The molecule has 6 amide bonds. The van der Waals surface area contributed by atoms with Gasteiger partial charge in [-0.25, -0.2) is 0 Å². The molecule has 1 aromatic heterocycles. The highest BCUT2D eigenvalue weighted by atomic mass is 32.2. The van der Waals surface area contributed by atoms with Gasteiger partial charge in [-0.3, -0.25) is 43.2 Å². The summed E-state index contributed by atoms with van der Waals surface area (Å²) in [6.45, 7) is 4.52. The molecule has 0 saturated heterocycles. The Morgan fingerprint density at radius 1 is 0.716 bits per heavy atom. The number of allylic oxidation sites excluding steroid dienone is 2. The van der Waals surface area contributed by atoms with E-state index >= 15 is 0 Å². The average molecular weight is 946 g/mol. The van der Waals surface area contributed by atoms with Gasteiger partial charge in [0.2, 0.25) is 41.0 Å². The number of carboxylic acids is 3. The Hall–Kier alpha value is -7.29. The van der Waals surface area contributed by atoms with E-state index < -0.39 is 103 Å². The van der Waals surface area contributed by atoms with E-state index in [-0.39, 0.29) is 25.4 Å². The van der Waals surface area contributed by atoms with Crippen molar-refractivity contribution in [1.82, 2.24) is 31.9 Å². The topological polar surface area (TPSA) is 294 Å². The van der Waals surface area contributed by atoms with Crippen LogP contribution in [-0.2, 0) is 49.7 Å². The van der Waals surface area contributed by atoms with Crippen LogP contribution >= 0.6 is 11.8 Å². The standard InChI is InChI=1S/C46H56N8O12S/c1-27(2)42(52-44(64)31(18-19-39(57)58)50-45(65)33(26-41(61)62)49-28(3)55)46(66)51-32(25-40(59)60)43(63)48-22-21-47-37(56)16-10-23-54-24-20-29(30-12-5-6-13-34(30)54)11-9-17-38-53(4)35-14-7-8-15-36(35)67-38/h5-9,11-15,17,20,24,27,31-33,42H,10,16,18-19,21-23,25-26H2,1-4H3,(H8-,47,48,49,50,51,52,55,56,57,58,59,60,61,62,63,64,65,66)/p+1/t31-,32-,33-,42-/m1/s1. The van der Waals surface area contributed by atoms with E-state index in [1.807, 2.05) is 61.8 Å². The number of fused-ring (bicyclic) bond motifs is 2. The van der Waals surface area contributed by atoms with Gasteiger partial charge < -0.3 is 52.1 Å². The van der Waals surface area contributed by atoms with Gasteiger partial charge in [0, 0.05) is 63.4 Å². The van der Waals surface area contributed by atoms with Crippen molar-refractivity contribution in [3.63, 3.8) is 0 Å². The fourth-order valence-corrected chi connectivity index (χ4v) is 8.09. The number of pyridine rings is 1. The van der Waals surface area contributed by atoms with Crippen LogP contribution in [0, 0.1) is 5.92 Å². The molecule has 2 heterocycles. The molecule has 0 bridgehead atoms. The molecule has 0 aliphatic carbocycles. The van der Waals surface area contributed by atoms with Crippen molar-refractivity contribution < 1.29 is 63.0 Å². The second-order valence-electron chi connectivity index (χ2n) is 16.0. The van der Waals surface area contributed by atoms with E-state index in [1.165, 1.54) is 24.4 Å². The average Bonchev–Trinajstić information content (AvgIpc) is 3.59. The Bertz CT molecular complexity index is 2390. The minimum absolute atomic E-state index is 0.00461. The summed E-state index contributed by atoms with van der Waals surface area (Å²) < 4.78 is 2.08. The monoisotopic (exact) mass is 945 g/mol. The summed E-state index contributed by atoms with van der Waals surface area (Å²) in [5.74, 6) is -9.94. The zero-order valence-electron chi connectivity index (χ0n) is 37.6. The highest BCUT2D eigenvalue weighted by Crippen LogP contribution is 2.44. The van der Waals surface area contributed by atoms with Gasteiger partial charge in [0.15, 0.2) is 6.20 Å². The number of aromatic nitrogens is 1. The SMILES string of the molecule is CC(=O)N[C@H](CC(=O)O)C(=O)N[C@H](CCC(=O)O)C(=O)N[C@@H](C(=O)N[C@H](CC(=O)O)C(=O)NCCNC(=O)CCC[n+]1ccc(C=CC=C2Sc3ccccc3N2C)c2ccccc21)C(C)C. The fourth-order valence-electron chi connectivity index (χ4n) is 7.03. The first kappa shape index (κ1) is 52.3. The van der Waals surface area contributed by atoms with E-state index in [4.69, 9.17) is 0 Å². The first-order valence-electron chi connectivity index (χ1n) is 21.5. The van der Waals surface area contributed by atoms with Crippen molar-refractivity contribution in [3.8, 4) is 0 Å². The Morgan fingerprint density at radius 2 is 1.34 bits per heavy atom. The molecule has 20 nitrogen and oxygen atoms in total. The molecule has 0 fully saturated rings. The molecule has 4 rings (SSSR count). The van der Waals surface area contributed by atoms with Crippen molar-refractivity contribution in [3.05, 3.63) is 83.5 Å². The van der Waals surface area contributed by atoms with E-state index in [2.05, 4.69) is 65.7 Å². The third-order valence-corrected chi connectivity index (χ3v) is 11.6. The highest BCUT2D eigenvalue weighted by molar-refractivity contribution is 8.03. The minimum atomic E-state index is -1.62. The van der Waals surface area contributed by atoms with Gasteiger partial charge in [-0.15, -0.1) is 0 Å². The molecule has 0 radical (unpaired) electrons. The van der Waals surface area contributed by atoms with Crippen LogP contribution in [0.5, 0.6) is 0 Å². The van der Waals surface area contributed by atoms with Crippen molar-refractivity contribution in [2.45, 2.75) is 94.9 Å². The molecule has 0 saturated carbocycles. The summed E-state index contributed by atoms with van der Waals surface area (Å²) in [4.78, 5) is 115. The number of carboxylic acid groups (broad SMARTS) is 3. The molecule has 1 aliphatic rings. The highest BCUT2D eigenvalue weighted by Gasteiger charge is 2.34. The number of nitrogens with zero attached hydrogens (tertiary/aromatic N) is 2. The van der Waals surface area contributed by atoms with E-state index in [0.29, 0.717) is 13.0 Å². The van der Waals surface area contributed by atoms with Gasteiger partial charge in [0.05, 0.1) is 28.9 Å². The van der Waals surface area contributed by atoms with Crippen LogP contribution in [0.4, 0.5) is 5.69 Å². The van der Waals surface area contributed by atoms with Crippen LogP contribution in [-0.4, -0.2) is 113 Å². The smallest absolute Gasteiger partial charge is 0.305 e. The van der Waals surface area contributed by atoms with Gasteiger partial charge >= 0.3 is 17.9 Å². The lowest BCUT2D eigenvalue weighted by molar-refractivity contribution is -0.671. The number of hydrogen-bond acceptors (Lipinski definition) is 11. The van der Waals surface area contributed by atoms with Gasteiger partial charge in [0.25, 0.3) is 0 Å². The molecule has 0 spiro atoms. The Balaban J connectivity index is 1.28. The second-order valence-corrected chi connectivity index (χ2v) is 17.0. The van der Waals surface area contributed by atoms with Crippen LogP contribution in [0.25, 0.3) is 17.0 Å². The summed E-state index contributed by atoms with van der Waals surface area (Å²) in [6, 6.07) is 12.0. The quantitative estimate of drug-likeness (QED) is 0.0432. The Labute approximate surface area is 391 Å². The Morgan fingerprint density at radius 3 is 2.00 bits per heavy atom. The number of para-hydroxylation sites is 2. The molecule has 2 aromatic carbocycles. The number of amides is 6. The Kier molecular flexibility index (Phi) is 19.9. The molecular weight excluding hydrogens is 889 g/mol. The normalized spacial score (nSPS) is 14.4. The number of aryl methyl sites for hydroxylation is 1. The number of thioether (sulfide) groups is 1. The maximum Gasteiger partial charge on any atom is 0.305 e. The molecular formula is C46H57N8O12S+. The third kappa shape index (κ3) is 16.3. The summed E-state index contributed by atoms with van der Waals surface area (Å²) in [6.07, 6.45) is 6.05. The van der Waals surface area contributed by atoms with Crippen LogP contribution in [0.3, 0.4) is 0 Å². The number of hydrogen-bond donors (Lipinski definition) is 9. The third-order valence-electron chi connectivity index (χ3n) is 10.4.